The summed E-state index contributed by atoms with van der Waals surface area (Å²) in [5.41, 5.74) is 1.92. The van der Waals surface area contributed by atoms with Crippen LogP contribution in [0.5, 0.6) is 0 Å². The van der Waals surface area contributed by atoms with E-state index in [9.17, 15) is 9.90 Å². The Morgan fingerprint density at radius 2 is 2.12 bits per heavy atom. The molecule has 2 aromatic rings. The standard InChI is InChI=1S/C19H26N2O3/c1-12(2)17(20-19(23)21-10-6-7-14(22)11-21)18-13(3)15-8-4-5-9-16(15)24-18/h4-5,8-9,12,14,17,22H,6-7,10-11H2,1-3H3,(H,20,23). The number of nitrogens with zero attached hydrogens (tertiary/aromatic N) is 1. The summed E-state index contributed by atoms with van der Waals surface area (Å²) in [5, 5.41) is 14.0. The second-order valence-corrected chi connectivity index (χ2v) is 7.00. The molecule has 3 rings (SSSR count). The van der Waals surface area contributed by atoms with Gasteiger partial charge in [-0.2, -0.15) is 0 Å². The lowest BCUT2D eigenvalue weighted by Gasteiger charge is -2.32. The predicted molar refractivity (Wildman–Crippen MR) is 93.9 cm³/mol. The highest BCUT2D eigenvalue weighted by molar-refractivity contribution is 5.82. The number of aliphatic hydroxyl groups excluding tert-OH is 1. The number of piperidine rings is 1. The van der Waals surface area contributed by atoms with E-state index in [0.29, 0.717) is 13.1 Å². The van der Waals surface area contributed by atoms with Gasteiger partial charge in [0, 0.05) is 24.0 Å². The first-order valence-corrected chi connectivity index (χ1v) is 8.69. The largest absolute Gasteiger partial charge is 0.459 e. The van der Waals surface area contributed by atoms with Crippen LogP contribution in [-0.2, 0) is 0 Å². The van der Waals surface area contributed by atoms with Crippen LogP contribution in [0.1, 0.15) is 44.1 Å². The molecule has 0 aliphatic carbocycles. The van der Waals surface area contributed by atoms with Gasteiger partial charge in [-0.3, -0.25) is 0 Å². The van der Waals surface area contributed by atoms with E-state index in [1.807, 2.05) is 31.2 Å². The molecule has 2 N–H and O–H groups in total. The van der Waals surface area contributed by atoms with E-state index in [0.717, 1.165) is 35.1 Å². The first kappa shape index (κ1) is 16.8. The minimum Gasteiger partial charge on any atom is -0.459 e. The van der Waals surface area contributed by atoms with Crippen LogP contribution in [-0.4, -0.2) is 35.2 Å². The molecule has 2 amide bonds. The highest BCUT2D eigenvalue weighted by atomic mass is 16.3. The molecule has 24 heavy (non-hydrogen) atoms. The molecule has 130 valence electrons. The zero-order chi connectivity index (χ0) is 17.3. The van der Waals surface area contributed by atoms with Crippen molar-refractivity contribution in [1.29, 1.82) is 0 Å². The summed E-state index contributed by atoms with van der Waals surface area (Å²) >= 11 is 0. The summed E-state index contributed by atoms with van der Waals surface area (Å²) in [6.07, 6.45) is 1.18. The molecule has 0 saturated carbocycles. The Balaban J connectivity index is 1.84. The van der Waals surface area contributed by atoms with Crippen molar-refractivity contribution in [3.05, 3.63) is 35.6 Å². The second kappa shape index (κ2) is 6.85. The van der Waals surface area contributed by atoms with E-state index in [1.165, 1.54) is 0 Å². The Kier molecular flexibility index (Phi) is 4.81. The fraction of sp³-hybridized carbons (Fsp3) is 0.526. The summed E-state index contributed by atoms with van der Waals surface area (Å²) in [6, 6.07) is 7.61. The average Bonchev–Trinajstić information content (AvgIpc) is 2.89. The molecule has 1 aromatic carbocycles. The molecular formula is C19H26N2O3. The van der Waals surface area contributed by atoms with Crippen LogP contribution in [0.25, 0.3) is 11.0 Å². The third-order valence-electron chi connectivity index (χ3n) is 4.79. The molecule has 2 atom stereocenters. The van der Waals surface area contributed by atoms with Crippen molar-refractivity contribution in [1.82, 2.24) is 10.2 Å². The summed E-state index contributed by atoms with van der Waals surface area (Å²) in [7, 11) is 0. The lowest BCUT2D eigenvalue weighted by molar-refractivity contribution is 0.0823. The maximum Gasteiger partial charge on any atom is 0.318 e. The van der Waals surface area contributed by atoms with Crippen molar-refractivity contribution in [3.8, 4) is 0 Å². The van der Waals surface area contributed by atoms with E-state index in [-0.39, 0.29) is 18.0 Å². The summed E-state index contributed by atoms with van der Waals surface area (Å²) in [5.74, 6) is 1.01. The van der Waals surface area contributed by atoms with Gasteiger partial charge in [0.25, 0.3) is 0 Å². The number of hydrogen-bond acceptors (Lipinski definition) is 3. The Morgan fingerprint density at radius 1 is 1.38 bits per heavy atom. The zero-order valence-corrected chi connectivity index (χ0v) is 14.6. The summed E-state index contributed by atoms with van der Waals surface area (Å²) in [6.45, 7) is 7.27. The molecule has 1 aliphatic rings. The molecule has 1 aliphatic heterocycles. The number of carbonyl (C=O) groups excluding carboxylic acids is 1. The van der Waals surface area contributed by atoms with E-state index < -0.39 is 6.10 Å². The normalized spacial score (nSPS) is 19.7. The third-order valence-corrected chi connectivity index (χ3v) is 4.79. The number of furan rings is 1. The molecule has 2 heterocycles. The molecule has 0 bridgehead atoms. The molecule has 5 heteroatoms. The quantitative estimate of drug-likeness (QED) is 0.903. The maximum absolute atomic E-state index is 12.6. The van der Waals surface area contributed by atoms with Gasteiger partial charge in [0.2, 0.25) is 0 Å². The van der Waals surface area contributed by atoms with Crippen LogP contribution in [0.3, 0.4) is 0 Å². The number of hydrogen-bond donors (Lipinski definition) is 2. The number of amides is 2. The molecule has 1 aromatic heterocycles. The van der Waals surface area contributed by atoms with Crippen LogP contribution in [0, 0.1) is 12.8 Å². The average molecular weight is 330 g/mol. The molecular weight excluding hydrogens is 304 g/mol. The minimum atomic E-state index is -0.421. The van der Waals surface area contributed by atoms with Gasteiger partial charge in [-0.25, -0.2) is 4.79 Å². The fourth-order valence-corrected chi connectivity index (χ4v) is 3.39. The molecule has 0 radical (unpaired) electrons. The number of urea groups is 1. The smallest absolute Gasteiger partial charge is 0.318 e. The van der Waals surface area contributed by atoms with Crippen LogP contribution >= 0.6 is 0 Å². The van der Waals surface area contributed by atoms with E-state index >= 15 is 0 Å². The van der Waals surface area contributed by atoms with Crippen LogP contribution in [0.2, 0.25) is 0 Å². The summed E-state index contributed by atoms with van der Waals surface area (Å²) < 4.78 is 6.05. The van der Waals surface area contributed by atoms with Gasteiger partial charge in [0.05, 0.1) is 12.1 Å². The van der Waals surface area contributed by atoms with Crippen LogP contribution < -0.4 is 5.32 Å². The van der Waals surface area contributed by atoms with Crippen molar-refractivity contribution in [2.75, 3.05) is 13.1 Å². The molecule has 2 unspecified atom stereocenters. The van der Waals surface area contributed by atoms with Gasteiger partial charge >= 0.3 is 6.03 Å². The van der Waals surface area contributed by atoms with E-state index in [1.54, 1.807) is 4.90 Å². The number of likely N-dealkylation sites (tertiary alicyclic amines) is 1. The molecule has 1 fully saturated rings. The third kappa shape index (κ3) is 3.26. The Hall–Kier alpha value is -2.01. The molecule has 0 spiro atoms. The van der Waals surface area contributed by atoms with Crippen LogP contribution in [0.4, 0.5) is 4.79 Å². The van der Waals surface area contributed by atoms with Gasteiger partial charge < -0.3 is 19.7 Å². The predicted octanol–water partition coefficient (Wildman–Crippen LogP) is 3.60. The lowest BCUT2D eigenvalue weighted by Crippen LogP contribution is -2.48. The van der Waals surface area contributed by atoms with E-state index in [4.69, 9.17) is 4.42 Å². The van der Waals surface area contributed by atoms with Gasteiger partial charge in [-0.05, 0) is 31.7 Å². The Morgan fingerprint density at radius 3 is 2.79 bits per heavy atom. The minimum absolute atomic E-state index is 0.132. The number of aliphatic hydroxyl groups is 1. The first-order valence-electron chi connectivity index (χ1n) is 8.69. The van der Waals surface area contributed by atoms with Gasteiger partial charge in [-0.15, -0.1) is 0 Å². The highest BCUT2D eigenvalue weighted by Gasteiger charge is 2.28. The first-order chi connectivity index (χ1) is 11.5. The van der Waals surface area contributed by atoms with Crippen molar-refractivity contribution >= 4 is 17.0 Å². The molecule has 5 nitrogen and oxygen atoms in total. The van der Waals surface area contributed by atoms with Crippen molar-refractivity contribution in [2.45, 2.75) is 45.8 Å². The number of aryl methyl sites for hydroxylation is 1. The topological polar surface area (TPSA) is 65.7 Å². The summed E-state index contributed by atoms with van der Waals surface area (Å²) in [4.78, 5) is 14.3. The Labute approximate surface area is 142 Å². The van der Waals surface area contributed by atoms with Gasteiger partial charge in [-0.1, -0.05) is 32.0 Å². The van der Waals surface area contributed by atoms with Crippen molar-refractivity contribution in [2.24, 2.45) is 5.92 Å². The number of fused-ring (bicyclic) bond motifs is 1. The van der Waals surface area contributed by atoms with Gasteiger partial charge in [0.15, 0.2) is 0 Å². The van der Waals surface area contributed by atoms with Crippen molar-refractivity contribution < 1.29 is 14.3 Å². The number of nitrogens with one attached hydrogen (secondary N) is 1. The Bertz CT molecular complexity index is 722. The maximum atomic E-state index is 12.6. The van der Waals surface area contributed by atoms with Crippen LogP contribution in [0.15, 0.2) is 28.7 Å². The zero-order valence-electron chi connectivity index (χ0n) is 14.6. The fourth-order valence-electron chi connectivity index (χ4n) is 3.39. The monoisotopic (exact) mass is 330 g/mol. The number of para-hydroxylation sites is 1. The SMILES string of the molecule is Cc1c(C(NC(=O)N2CCCC(O)C2)C(C)C)oc2ccccc12. The second-order valence-electron chi connectivity index (χ2n) is 7.00. The number of β-amino-alcohol motifs (C(OH)–C–C–N with tert-alkyl or cyclic N) is 1. The molecule has 1 saturated heterocycles. The van der Waals surface area contributed by atoms with Gasteiger partial charge in [0.1, 0.15) is 11.3 Å². The van der Waals surface area contributed by atoms with E-state index in [2.05, 4.69) is 19.2 Å². The number of benzene rings is 1. The number of rotatable bonds is 3. The van der Waals surface area contributed by atoms with Crippen molar-refractivity contribution in [3.63, 3.8) is 0 Å². The number of carbonyl (C=O) groups is 1. The lowest BCUT2D eigenvalue weighted by atomic mass is 9.98. The highest BCUT2D eigenvalue weighted by Crippen LogP contribution is 2.32.